The van der Waals surface area contributed by atoms with Gasteiger partial charge in [-0.25, -0.2) is 4.98 Å². The maximum atomic E-state index is 11.5. The summed E-state index contributed by atoms with van der Waals surface area (Å²) in [5.41, 5.74) is 0.947. The molecule has 17 heteroatoms. The number of rotatable bonds is 14. The van der Waals surface area contributed by atoms with Crippen LogP contribution in [0.2, 0.25) is 0 Å². The van der Waals surface area contributed by atoms with Gasteiger partial charge in [0.05, 0.1) is 26.6 Å². The molecule has 41 heavy (non-hydrogen) atoms. The zero-order valence-electron chi connectivity index (χ0n) is 23.3. The van der Waals surface area contributed by atoms with E-state index in [1.807, 2.05) is 0 Å². The fraction of sp³-hybridized carbons (Fsp3) is 0.667. The molecule has 17 nitrogen and oxygen atoms in total. The van der Waals surface area contributed by atoms with Crippen molar-refractivity contribution in [2.45, 2.75) is 57.3 Å². The summed E-state index contributed by atoms with van der Waals surface area (Å²) in [7, 11) is 1.60. The van der Waals surface area contributed by atoms with E-state index in [4.69, 9.17) is 28.9 Å². The molecule has 0 bridgehead atoms. The molecule has 5 rings (SSSR count). The van der Waals surface area contributed by atoms with Crippen molar-refractivity contribution in [3.63, 3.8) is 0 Å². The lowest BCUT2D eigenvalue weighted by Crippen LogP contribution is -2.39. The number of ether oxygens (including phenoxy) is 4. The first-order valence-corrected chi connectivity index (χ1v) is 13.7. The van der Waals surface area contributed by atoms with Crippen LogP contribution in [0.5, 0.6) is 0 Å². The minimum absolute atomic E-state index is 0.168. The maximum Gasteiger partial charge on any atom is 0.293 e. The molecule has 0 unspecified atom stereocenters. The van der Waals surface area contributed by atoms with E-state index in [2.05, 4.69) is 49.8 Å². The van der Waals surface area contributed by atoms with Crippen LogP contribution in [0.3, 0.4) is 0 Å². The topological polar surface area (TPSA) is 186 Å². The lowest BCUT2D eigenvalue weighted by molar-refractivity contribution is -0.151. The number of morpholine rings is 1. The first-order chi connectivity index (χ1) is 20.1. The van der Waals surface area contributed by atoms with Crippen molar-refractivity contribution in [3.05, 3.63) is 12.2 Å². The molecule has 0 aromatic carbocycles. The van der Waals surface area contributed by atoms with E-state index in [1.165, 1.54) is 11.1 Å². The molecular weight excluding hydrogens is 538 g/mol. The second-order valence-corrected chi connectivity index (χ2v) is 9.74. The largest absolute Gasteiger partial charge is 0.457 e. The Kier molecular flexibility index (Phi) is 9.15. The predicted molar refractivity (Wildman–Crippen MR) is 143 cm³/mol. The minimum Gasteiger partial charge on any atom is -0.457 e. The molecule has 2 fully saturated rings. The summed E-state index contributed by atoms with van der Waals surface area (Å²) >= 11 is 0. The van der Waals surface area contributed by atoms with Gasteiger partial charge in [-0.05, 0) is 18.1 Å². The second-order valence-electron chi connectivity index (χ2n) is 9.74. The Labute approximate surface area is 235 Å². The number of nitrogens with one attached hydrogen (secondary N) is 2. The molecule has 0 radical (unpaired) electrons. The Bertz CT molecular complexity index is 1310. The predicted octanol–water partition coefficient (Wildman–Crippen LogP) is 0.0477. The van der Waals surface area contributed by atoms with Crippen LogP contribution in [-0.4, -0.2) is 115 Å². The van der Waals surface area contributed by atoms with Gasteiger partial charge in [0.25, 0.3) is 12.9 Å². The molecular formula is C24H35N11O6. The molecule has 3 aromatic heterocycles. The van der Waals surface area contributed by atoms with E-state index in [0.29, 0.717) is 29.5 Å². The maximum absolute atomic E-state index is 11.5. The number of hydrogen-bond acceptors (Lipinski definition) is 15. The SMILES string of the molecule is CCC(CC)Nc1nc(NCCN2CCOCC2)nc2c1ncn2[C@@H]1O[C@H](c2nnn(C)n2)[C@@H](OC=O)[C@H]1OC=O. The van der Waals surface area contributed by atoms with Gasteiger partial charge in [0.1, 0.15) is 0 Å². The molecule has 0 saturated carbocycles. The standard InChI is InChI=1S/C24H35N11O6/c1-4-15(5-2)27-20-16-22(29-24(28-20)25-6-7-34-8-10-38-11-9-34)35(12-26-16)23-19(40-14-37)17(39-13-36)18(41-23)21-30-32-33(3)31-21/h12-15,17-19,23H,4-11H2,1-3H3,(H2,25,27,28,29)/t17-,18+,19-,23-/m1/s1. The highest BCUT2D eigenvalue weighted by atomic mass is 16.6. The van der Waals surface area contributed by atoms with Crippen molar-refractivity contribution in [1.82, 2.24) is 44.6 Å². The molecule has 0 amide bonds. The Balaban J connectivity index is 1.49. The van der Waals surface area contributed by atoms with Gasteiger partial charge in [0, 0.05) is 32.2 Å². The van der Waals surface area contributed by atoms with E-state index >= 15 is 0 Å². The number of hydrogen-bond donors (Lipinski definition) is 2. The summed E-state index contributed by atoms with van der Waals surface area (Å²) in [4.78, 5) is 40.6. The normalized spacial score (nSPS) is 23.1. The van der Waals surface area contributed by atoms with E-state index < -0.39 is 24.5 Å². The van der Waals surface area contributed by atoms with Crippen molar-refractivity contribution in [2.24, 2.45) is 7.05 Å². The highest BCUT2D eigenvalue weighted by molar-refractivity contribution is 5.84. The third kappa shape index (κ3) is 6.20. The second kappa shape index (κ2) is 13.1. The van der Waals surface area contributed by atoms with Gasteiger partial charge in [-0.15, -0.1) is 10.2 Å². The molecule has 222 valence electrons. The molecule has 3 aromatic rings. The molecule has 2 saturated heterocycles. The molecule has 2 aliphatic heterocycles. The van der Waals surface area contributed by atoms with Crippen LogP contribution in [0, 0.1) is 0 Å². The minimum atomic E-state index is -1.05. The fourth-order valence-electron chi connectivity index (χ4n) is 5.02. The first-order valence-electron chi connectivity index (χ1n) is 13.7. The van der Waals surface area contributed by atoms with Gasteiger partial charge in [-0.1, -0.05) is 13.8 Å². The summed E-state index contributed by atoms with van der Waals surface area (Å²) < 4.78 is 24.0. The quantitative estimate of drug-likeness (QED) is 0.246. The fourth-order valence-corrected chi connectivity index (χ4v) is 5.02. The van der Waals surface area contributed by atoms with Crippen molar-refractivity contribution in [3.8, 4) is 0 Å². The van der Waals surface area contributed by atoms with Crippen LogP contribution < -0.4 is 10.6 Å². The Morgan fingerprint density at radius 2 is 1.88 bits per heavy atom. The number of imidazole rings is 1. The van der Waals surface area contributed by atoms with Gasteiger partial charge in [0.2, 0.25) is 11.8 Å². The van der Waals surface area contributed by atoms with Gasteiger partial charge in [-0.3, -0.25) is 19.1 Å². The van der Waals surface area contributed by atoms with E-state index in [-0.39, 0.29) is 24.8 Å². The number of tetrazole rings is 1. The van der Waals surface area contributed by atoms with Crippen molar-refractivity contribution < 1.29 is 28.5 Å². The Hall–Kier alpha value is -3.96. The highest BCUT2D eigenvalue weighted by Crippen LogP contribution is 2.42. The average Bonchev–Trinajstić information content (AvgIpc) is 3.70. The van der Waals surface area contributed by atoms with Crippen LogP contribution in [0.4, 0.5) is 11.8 Å². The number of aromatic nitrogens is 8. The van der Waals surface area contributed by atoms with Gasteiger partial charge in [-0.2, -0.15) is 14.8 Å². The van der Waals surface area contributed by atoms with Gasteiger partial charge >= 0.3 is 0 Å². The highest BCUT2D eigenvalue weighted by Gasteiger charge is 2.52. The monoisotopic (exact) mass is 573 g/mol. The number of carbonyl (C=O) groups is 2. The number of fused-ring (bicyclic) bond motifs is 1. The third-order valence-electron chi connectivity index (χ3n) is 7.23. The number of aryl methyl sites for hydroxylation is 1. The lowest BCUT2D eigenvalue weighted by atomic mass is 10.1. The molecule has 0 aliphatic carbocycles. The zero-order valence-corrected chi connectivity index (χ0v) is 23.3. The smallest absolute Gasteiger partial charge is 0.293 e. The molecule has 0 spiro atoms. The Morgan fingerprint density at radius 1 is 1.12 bits per heavy atom. The van der Waals surface area contributed by atoms with E-state index in [1.54, 1.807) is 11.6 Å². The zero-order chi connectivity index (χ0) is 28.8. The number of anilines is 2. The summed E-state index contributed by atoms with van der Waals surface area (Å²) in [5, 5.41) is 18.9. The van der Waals surface area contributed by atoms with Gasteiger partial charge in [0.15, 0.2) is 41.5 Å². The van der Waals surface area contributed by atoms with Crippen LogP contribution >= 0.6 is 0 Å². The number of carbonyl (C=O) groups excluding carboxylic acids is 2. The van der Waals surface area contributed by atoms with Crippen molar-refractivity contribution >= 4 is 35.9 Å². The molecule has 4 atom stereocenters. The average molecular weight is 574 g/mol. The summed E-state index contributed by atoms with van der Waals surface area (Å²) in [5.74, 6) is 1.14. The summed E-state index contributed by atoms with van der Waals surface area (Å²) in [6.45, 7) is 9.35. The van der Waals surface area contributed by atoms with E-state index in [0.717, 1.165) is 45.7 Å². The van der Waals surface area contributed by atoms with Crippen LogP contribution in [-0.2, 0) is 35.6 Å². The molecule has 5 heterocycles. The van der Waals surface area contributed by atoms with Crippen molar-refractivity contribution in [1.29, 1.82) is 0 Å². The van der Waals surface area contributed by atoms with Crippen LogP contribution in [0.15, 0.2) is 6.33 Å². The lowest BCUT2D eigenvalue weighted by Gasteiger charge is -2.26. The first kappa shape index (κ1) is 28.6. The number of nitrogens with zero attached hydrogens (tertiary/aromatic N) is 9. The van der Waals surface area contributed by atoms with Gasteiger partial charge < -0.3 is 29.6 Å². The third-order valence-corrected chi connectivity index (χ3v) is 7.23. The van der Waals surface area contributed by atoms with Crippen LogP contribution in [0.25, 0.3) is 11.2 Å². The molecule has 2 aliphatic rings. The summed E-state index contributed by atoms with van der Waals surface area (Å²) in [6.07, 6.45) is -0.711. The van der Waals surface area contributed by atoms with Crippen molar-refractivity contribution in [2.75, 3.05) is 50.0 Å². The Morgan fingerprint density at radius 3 is 2.56 bits per heavy atom. The summed E-state index contributed by atoms with van der Waals surface area (Å²) in [6, 6.07) is 0.172. The van der Waals surface area contributed by atoms with Crippen LogP contribution in [0.1, 0.15) is 44.8 Å². The van der Waals surface area contributed by atoms with E-state index in [9.17, 15) is 9.59 Å². The molecule has 2 N–H and O–H groups in total.